The highest BCUT2D eigenvalue weighted by Crippen LogP contribution is 2.14. The van der Waals surface area contributed by atoms with Gasteiger partial charge in [-0.1, -0.05) is 0 Å². The summed E-state index contributed by atoms with van der Waals surface area (Å²) in [7, 11) is 6.11. The number of nitrogens with zero attached hydrogens (tertiary/aromatic N) is 2. The van der Waals surface area contributed by atoms with Crippen LogP contribution in [0.1, 0.15) is 12.8 Å². The third-order valence-corrected chi connectivity index (χ3v) is 2.85. The molecular weight excluding hydrogens is 190 g/mol. The van der Waals surface area contributed by atoms with Crippen molar-refractivity contribution in [2.75, 3.05) is 47.3 Å². The number of amides is 1. The van der Waals surface area contributed by atoms with E-state index in [-0.39, 0.29) is 11.8 Å². The van der Waals surface area contributed by atoms with Gasteiger partial charge < -0.3 is 15.1 Å². The molecule has 0 radical (unpaired) electrons. The SMILES string of the molecule is CN(C)CCNC(=O)[C@@H]1CCCN(C)C1. The Bertz CT molecular complexity index is 206. The fourth-order valence-corrected chi connectivity index (χ4v) is 1.93. The topological polar surface area (TPSA) is 35.6 Å². The summed E-state index contributed by atoms with van der Waals surface area (Å²) in [4.78, 5) is 16.1. The van der Waals surface area contributed by atoms with E-state index in [0.717, 1.165) is 39.0 Å². The molecule has 1 fully saturated rings. The average Bonchev–Trinajstić information content (AvgIpc) is 2.17. The fourth-order valence-electron chi connectivity index (χ4n) is 1.93. The predicted molar refractivity (Wildman–Crippen MR) is 61.8 cm³/mol. The molecule has 0 aromatic rings. The first-order valence-corrected chi connectivity index (χ1v) is 5.70. The van der Waals surface area contributed by atoms with Crippen molar-refractivity contribution in [3.05, 3.63) is 0 Å². The van der Waals surface area contributed by atoms with E-state index in [0.29, 0.717) is 0 Å². The van der Waals surface area contributed by atoms with Crippen molar-refractivity contribution < 1.29 is 4.79 Å². The molecule has 1 amide bonds. The zero-order chi connectivity index (χ0) is 11.3. The Morgan fingerprint density at radius 1 is 1.53 bits per heavy atom. The maximum absolute atomic E-state index is 11.8. The standard InChI is InChI=1S/C11H23N3O/c1-13(2)8-6-12-11(15)10-5-4-7-14(3)9-10/h10H,4-9H2,1-3H3,(H,12,15)/t10-/m1/s1. The number of likely N-dealkylation sites (tertiary alicyclic amines) is 1. The van der Waals surface area contributed by atoms with E-state index in [4.69, 9.17) is 0 Å². The zero-order valence-electron chi connectivity index (χ0n) is 10.1. The molecule has 1 aliphatic heterocycles. The molecule has 4 heteroatoms. The van der Waals surface area contributed by atoms with E-state index < -0.39 is 0 Å². The number of nitrogens with one attached hydrogen (secondary N) is 1. The van der Waals surface area contributed by atoms with Crippen molar-refractivity contribution in [3.8, 4) is 0 Å². The second-order valence-corrected chi connectivity index (χ2v) is 4.70. The number of piperidine rings is 1. The van der Waals surface area contributed by atoms with Crippen LogP contribution in [0.25, 0.3) is 0 Å². The third-order valence-electron chi connectivity index (χ3n) is 2.85. The van der Waals surface area contributed by atoms with Gasteiger partial charge in [-0.25, -0.2) is 0 Å². The number of carbonyl (C=O) groups is 1. The van der Waals surface area contributed by atoms with Crippen LogP contribution in [0.3, 0.4) is 0 Å². The number of hydrogen-bond donors (Lipinski definition) is 1. The summed E-state index contributed by atoms with van der Waals surface area (Å²) in [6.45, 7) is 3.70. The summed E-state index contributed by atoms with van der Waals surface area (Å²) < 4.78 is 0. The highest BCUT2D eigenvalue weighted by Gasteiger charge is 2.23. The molecule has 1 aliphatic rings. The minimum absolute atomic E-state index is 0.200. The monoisotopic (exact) mass is 213 g/mol. The van der Waals surface area contributed by atoms with Crippen LogP contribution in [0.4, 0.5) is 0 Å². The van der Waals surface area contributed by atoms with Gasteiger partial charge in [-0.3, -0.25) is 4.79 Å². The zero-order valence-corrected chi connectivity index (χ0v) is 10.1. The Hall–Kier alpha value is -0.610. The summed E-state index contributed by atoms with van der Waals surface area (Å²) in [5.41, 5.74) is 0. The van der Waals surface area contributed by atoms with Gasteiger partial charge >= 0.3 is 0 Å². The Kier molecular flexibility index (Phi) is 5.05. The summed E-state index contributed by atoms with van der Waals surface area (Å²) >= 11 is 0. The van der Waals surface area contributed by atoms with Crippen molar-refractivity contribution in [3.63, 3.8) is 0 Å². The second kappa shape index (κ2) is 6.08. The Morgan fingerprint density at radius 3 is 2.87 bits per heavy atom. The van der Waals surface area contributed by atoms with Crippen molar-refractivity contribution >= 4 is 5.91 Å². The van der Waals surface area contributed by atoms with E-state index in [1.165, 1.54) is 0 Å². The summed E-state index contributed by atoms with van der Waals surface area (Å²) in [5, 5.41) is 3.00. The maximum atomic E-state index is 11.8. The number of rotatable bonds is 4. The van der Waals surface area contributed by atoms with Gasteiger partial charge in [0.1, 0.15) is 0 Å². The molecule has 0 spiro atoms. The molecule has 0 aromatic carbocycles. The van der Waals surface area contributed by atoms with Crippen LogP contribution in [-0.2, 0) is 4.79 Å². The Balaban J connectivity index is 2.21. The first kappa shape index (κ1) is 12.5. The molecule has 15 heavy (non-hydrogen) atoms. The van der Waals surface area contributed by atoms with E-state index in [2.05, 4.69) is 22.2 Å². The molecule has 0 aromatic heterocycles. The molecule has 1 saturated heterocycles. The largest absolute Gasteiger partial charge is 0.355 e. The molecule has 0 unspecified atom stereocenters. The first-order valence-electron chi connectivity index (χ1n) is 5.70. The van der Waals surface area contributed by atoms with E-state index >= 15 is 0 Å². The summed E-state index contributed by atoms with van der Waals surface area (Å²) in [6, 6.07) is 0. The van der Waals surface area contributed by atoms with Gasteiger partial charge in [-0.15, -0.1) is 0 Å². The van der Waals surface area contributed by atoms with Gasteiger partial charge in [-0.2, -0.15) is 0 Å². The number of carbonyl (C=O) groups excluding carboxylic acids is 1. The smallest absolute Gasteiger partial charge is 0.224 e. The van der Waals surface area contributed by atoms with Crippen molar-refractivity contribution in [1.29, 1.82) is 0 Å². The number of hydrogen-bond acceptors (Lipinski definition) is 3. The normalized spacial score (nSPS) is 23.1. The van der Waals surface area contributed by atoms with E-state index in [1.807, 2.05) is 14.1 Å². The van der Waals surface area contributed by atoms with Gasteiger partial charge in [0.05, 0.1) is 5.92 Å². The van der Waals surface area contributed by atoms with E-state index in [1.54, 1.807) is 0 Å². The van der Waals surface area contributed by atoms with Crippen LogP contribution < -0.4 is 5.32 Å². The van der Waals surface area contributed by atoms with Crippen LogP contribution in [0.5, 0.6) is 0 Å². The quantitative estimate of drug-likeness (QED) is 0.714. The van der Waals surface area contributed by atoms with Crippen LogP contribution >= 0.6 is 0 Å². The summed E-state index contributed by atoms with van der Waals surface area (Å²) in [5.74, 6) is 0.425. The second-order valence-electron chi connectivity index (χ2n) is 4.70. The molecule has 0 aliphatic carbocycles. The molecule has 0 bridgehead atoms. The van der Waals surface area contributed by atoms with Gasteiger partial charge in [0.2, 0.25) is 5.91 Å². The third kappa shape index (κ3) is 4.62. The Labute approximate surface area is 92.6 Å². The molecule has 1 rings (SSSR count). The molecule has 0 saturated carbocycles. The van der Waals surface area contributed by atoms with Gasteiger partial charge in [-0.05, 0) is 40.5 Å². The van der Waals surface area contributed by atoms with Crippen LogP contribution in [0.2, 0.25) is 0 Å². The van der Waals surface area contributed by atoms with Crippen molar-refractivity contribution in [1.82, 2.24) is 15.1 Å². The van der Waals surface area contributed by atoms with Crippen molar-refractivity contribution in [2.24, 2.45) is 5.92 Å². The summed E-state index contributed by atoms with van der Waals surface area (Å²) in [6.07, 6.45) is 2.18. The first-order chi connectivity index (χ1) is 7.09. The predicted octanol–water partition coefficient (Wildman–Crippen LogP) is 0.00600. The number of likely N-dealkylation sites (N-methyl/N-ethyl adjacent to an activating group) is 1. The highest BCUT2D eigenvalue weighted by atomic mass is 16.1. The highest BCUT2D eigenvalue weighted by molar-refractivity contribution is 5.78. The van der Waals surface area contributed by atoms with Gasteiger partial charge in [0, 0.05) is 19.6 Å². The minimum Gasteiger partial charge on any atom is -0.355 e. The maximum Gasteiger partial charge on any atom is 0.224 e. The molecule has 1 atom stereocenters. The fraction of sp³-hybridized carbons (Fsp3) is 0.909. The average molecular weight is 213 g/mol. The van der Waals surface area contributed by atoms with E-state index in [9.17, 15) is 4.79 Å². The van der Waals surface area contributed by atoms with Gasteiger partial charge in [0.15, 0.2) is 0 Å². The lowest BCUT2D eigenvalue weighted by Gasteiger charge is -2.28. The molecular formula is C11H23N3O. The molecule has 1 N–H and O–H groups in total. The lowest BCUT2D eigenvalue weighted by Crippen LogP contribution is -2.42. The molecule has 4 nitrogen and oxygen atoms in total. The van der Waals surface area contributed by atoms with Crippen LogP contribution in [0, 0.1) is 5.92 Å². The Morgan fingerprint density at radius 2 is 2.27 bits per heavy atom. The van der Waals surface area contributed by atoms with Crippen LogP contribution in [-0.4, -0.2) is 63.0 Å². The lowest BCUT2D eigenvalue weighted by molar-refractivity contribution is -0.126. The lowest BCUT2D eigenvalue weighted by atomic mass is 9.98. The minimum atomic E-state index is 0.200. The molecule has 1 heterocycles. The van der Waals surface area contributed by atoms with Crippen LogP contribution in [0.15, 0.2) is 0 Å². The van der Waals surface area contributed by atoms with Crippen molar-refractivity contribution in [2.45, 2.75) is 12.8 Å². The molecule has 88 valence electrons. The van der Waals surface area contributed by atoms with Gasteiger partial charge in [0.25, 0.3) is 0 Å².